The Morgan fingerprint density at radius 1 is 1.64 bits per heavy atom. The fraction of sp³-hybridized carbons (Fsp3) is 0.727. The molecule has 1 N–H and O–H groups in total. The number of carbonyl (C=O) groups is 1. The van der Waals surface area contributed by atoms with Gasteiger partial charge in [0.05, 0.1) is 5.60 Å². The molecule has 3 nitrogen and oxygen atoms in total. The van der Waals surface area contributed by atoms with Crippen molar-refractivity contribution in [3.05, 3.63) is 11.6 Å². The normalized spacial score (nSPS) is 28.3. The van der Waals surface area contributed by atoms with Gasteiger partial charge in [0.1, 0.15) is 0 Å². The van der Waals surface area contributed by atoms with Crippen molar-refractivity contribution in [2.45, 2.75) is 39.2 Å². The van der Waals surface area contributed by atoms with Crippen molar-refractivity contribution in [3.63, 3.8) is 0 Å². The Hall–Kier alpha value is -0.830. The predicted octanol–water partition coefficient (Wildman–Crippen LogP) is 1.33. The number of rotatable bonds is 2. The van der Waals surface area contributed by atoms with Crippen LogP contribution in [0.5, 0.6) is 0 Å². The van der Waals surface area contributed by atoms with Crippen molar-refractivity contribution in [1.29, 1.82) is 0 Å². The third-order valence-electron chi connectivity index (χ3n) is 2.59. The van der Waals surface area contributed by atoms with Crippen LogP contribution in [0.1, 0.15) is 33.6 Å². The van der Waals surface area contributed by atoms with Gasteiger partial charge in [0.15, 0.2) is 0 Å². The summed E-state index contributed by atoms with van der Waals surface area (Å²) in [6.45, 7) is 6.75. The zero-order valence-corrected chi connectivity index (χ0v) is 9.21. The number of nitrogens with zero attached hydrogens (tertiary/aromatic N) is 1. The molecule has 0 saturated carbocycles. The van der Waals surface area contributed by atoms with Crippen molar-refractivity contribution in [1.82, 2.24) is 4.90 Å². The molecule has 1 aliphatic rings. The van der Waals surface area contributed by atoms with Gasteiger partial charge in [-0.05, 0) is 26.7 Å². The Labute approximate surface area is 85.4 Å². The summed E-state index contributed by atoms with van der Waals surface area (Å²) < 4.78 is 0. The van der Waals surface area contributed by atoms with Crippen molar-refractivity contribution >= 4 is 5.91 Å². The lowest BCUT2D eigenvalue weighted by Gasteiger charge is -2.19. The second-order valence-electron chi connectivity index (χ2n) is 4.27. The van der Waals surface area contributed by atoms with E-state index in [1.807, 2.05) is 19.9 Å². The molecule has 1 atom stereocenters. The van der Waals surface area contributed by atoms with E-state index in [0.29, 0.717) is 19.5 Å². The van der Waals surface area contributed by atoms with Gasteiger partial charge in [-0.1, -0.05) is 13.0 Å². The maximum atomic E-state index is 11.8. The molecule has 0 aliphatic carbocycles. The second-order valence-corrected chi connectivity index (χ2v) is 4.27. The molecule has 0 aromatic rings. The molecule has 1 aliphatic heterocycles. The Morgan fingerprint density at radius 3 is 2.71 bits per heavy atom. The summed E-state index contributed by atoms with van der Waals surface area (Å²) in [5.41, 5.74) is 0.0903. The minimum absolute atomic E-state index is 0.0598. The molecule has 0 aromatic carbocycles. The number of allylic oxidation sites excluding steroid dienone is 1. The second kappa shape index (κ2) is 4.13. The first-order valence-corrected chi connectivity index (χ1v) is 5.14. The summed E-state index contributed by atoms with van der Waals surface area (Å²) in [5, 5.41) is 9.71. The smallest absolute Gasteiger partial charge is 0.249 e. The van der Waals surface area contributed by atoms with E-state index in [2.05, 4.69) is 0 Å². The lowest BCUT2D eigenvalue weighted by Crippen LogP contribution is -2.34. The van der Waals surface area contributed by atoms with Gasteiger partial charge < -0.3 is 10.0 Å². The van der Waals surface area contributed by atoms with Crippen molar-refractivity contribution in [3.8, 4) is 0 Å². The van der Waals surface area contributed by atoms with Crippen molar-refractivity contribution in [2.75, 3.05) is 13.1 Å². The molecule has 1 saturated heterocycles. The number of β-amino-alcohol motifs (C(OH)–C–C–N with tert-alkyl or cyclic N) is 1. The largest absolute Gasteiger partial charge is 0.388 e. The Balaban J connectivity index is 2.60. The first kappa shape index (κ1) is 11.2. The number of carbonyl (C=O) groups excluding carboxylic acids is 1. The molecule has 3 heteroatoms. The van der Waals surface area contributed by atoms with Crippen LogP contribution in [-0.4, -0.2) is 34.6 Å². The SMILES string of the molecule is CC/C=C(/C)C(=O)N1CCC(C)(O)C1. The third kappa shape index (κ3) is 2.58. The summed E-state index contributed by atoms with van der Waals surface area (Å²) in [6.07, 6.45) is 3.48. The molecule has 0 spiro atoms. The van der Waals surface area contributed by atoms with Gasteiger partial charge in [-0.3, -0.25) is 4.79 Å². The highest BCUT2D eigenvalue weighted by Crippen LogP contribution is 2.21. The molecule has 80 valence electrons. The summed E-state index contributed by atoms with van der Waals surface area (Å²) in [6, 6.07) is 0. The van der Waals surface area contributed by atoms with Crippen LogP contribution in [0.25, 0.3) is 0 Å². The van der Waals surface area contributed by atoms with E-state index in [9.17, 15) is 9.90 Å². The summed E-state index contributed by atoms with van der Waals surface area (Å²) in [4.78, 5) is 13.5. The van der Waals surface area contributed by atoms with Crippen molar-refractivity contribution in [2.24, 2.45) is 0 Å². The van der Waals surface area contributed by atoms with Crippen LogP contribution in [0.2, 0.25) is 0 Å². The third-order valence-corrected chi connectivity index (χ3v) is 2.59. The highest BCUT2D eigenvalue weighted by Gasteiger charge is 2.33. The van der Waals surface area contributed by atoms with E-state index in [1.54, 1.807) is 11.8 Å². The summed E-state index contributed by atoms with van der Waals surface area (Å²) in [7, 11) is 0. The first-order chi connectivity index (χ1) is 6.46. The van der Waals surface area contributed by atoms with Crippen molar-refractivity contribution < 1.29 is 9.90 Å². The van der Waals surface area contributed by atoms with E-state index in [4.69, 9.17) is 0 Å². The lowest BCUT2D eigenvalue weighted by molar-refractivity contribution is -0.126. The van der Waals surface area contributed by atoms with E-state index >= 15 is 0 Å². The highest BCUT2D eigenvalue weighted by atomic mass is 16.3. The van der Waals surface area contributed by atoms with Crippen LogP contribution in [0.15, 0.2) is 11.6 Å². The molecule has 0 aromatic heterocycles. The fourth-order valence-corrected chi connectivity index (χ4v) is 1.76. The Morgan fingerprint density at radius 2 is 2.29 bits per heavy atom. The molecular weight excluding hydrogens is 178 g/mol. The highest BCUT2D eigenvalue weighted by molar-refractivity contribution is 5.93. The van der Waals surface area contributed by atoms with Gasteiger partial charge in [-0.2, -0.15) is 0 Å². The van der Waals surface area contributed by atoms with E-state index in [0.717, 1.165) is 12.0 Å². The number of hydrogen-bond acceptors (Lipinski definition) is 2. The standard InChI is InChI=1S/C11H19NO2/c1-4-5-9(2)10(13)12-7-6-11(3,14)8-12/h5,14H,4,6-8H2,1-3H3/b9-5-. The van der Waals surface area contributed by atoms with Crippen LogP contribution in [0, 0.1) is 0 Å². The topological polar surface area (TPSA) is 40.5 Å². The molecule has 14 heavy (non-hydrogen) atoms. The van der Waals surface area contributed by atoms with Crippen LogP contribution >= 0.6 is 0 Å². The van der Waals surface area contributed by atoms with Gasteiger partial charge >= 0.3 is 0 Å². The molecule has 1 amide bonds. The molecule has 0 radical (unpaired) electrons. The molecule has 1 rings (SSSR count). The Kier molecular flexibility index (Phi) is 3.32. The number of aliphatic hydroxyl groups is 1. The average Bonchev–Trinajstić information content (AvgIpc) is 2.45. The van der Waals surface area contributed by atoms with Crippen LogP contribution < -0.4 is 0 Å². The minimum atomic E-state index is -0.692. The fourth-order valence-electron chi connectivity index (χ4n) is 1.76. The van der Waals surface area contributed by atoms with Gasteiger partial charge in [0, 0.05) is 18.7 Å². The molecular formula is C11H19NO2. The predicted molar refractivity (Wildman–Crippen MR) is 55.9 cm³/mol. The van der Waals surface area contributed by atoms with E-state index in [-0.39, 0.29) is 5.91 Å². The molecule has 0 bridgehead atoms. The van der Waals surface area contributed by atoms with Gasteiger partial charge in [0.25, 0.3) is 0 Å². The van der Waals surface area contributed by atoms with Crippen LogP contribution in [-0.2, 0) is 4.79 Å². The monoisotopic (exact) mass is 197 g/mol. The van der Waals surface area contributed by atoms with Gasteiger partial charge in [0.2, 0.25) is 5.91 Å². The Bertz CT molecular complexity index is 256. The van der Waals surface area contributed by atoms with Gasteiger partial charge in [-0.25, -0.2) is 0 Å². The molecule has 1 heterocycles. The van der Waals surface area contributed by atoms with Gasteiger partial charge in [-0.15, -0.1) is 0 Å². The zero-order chi connectivity index (χ0) is 10.8. The summed E-state index contributed by atoms with van der Waals surface area (Å²) >= 11 is 0. The first-order valence-electron chi connectivity index (χ1n) is 5.14. The molecule has 1 fully saturated rings. The lowest BCUT2D eigenvalue weighted by atomic mass is 10.1. The molecule has 1 unspecified atom stereocenters. The number of amides is 1. The van der Waals surface area contributed by atoms with E-state index < -0.39 is 5.60 Å². The summed E-state index contributed by atoms with van der Waals surface area (Å²) in [5.74, 6) is 0.0598. The van der Waals surface area contributed by atoms with E-state index in [1.165, 1.54) is 0 Å². The zero-order valence-electron chi connectivity index (χ0n) is 9.21. The number of likely N-dealkylation sites (tertiary alicyclic amines) is 1. The average molecular weight is 197 g/mol. The maximum absolute atomic E-state index is 11.8. The number of hydrogen-bond donors (Lipinski definition) is 1. The minimum Gasteiger partial charge on any atom is -0.388 e. The quantitative estimate of drug-likeness (QED) is 0.678. The van der Waals surface area contributed by atoms with Crippen LogP contribution in [0.4, 0.5) is 0 Å². The van der Waals surface area contributed by atoms with Crippen LogP contribution in [0.3, 0.4) is 0 Å². The maximum Gasteiger partial charge on any atom is 0.249 e.